The lowest BCUT2D eigenvalue weighted by Crippen LogP contribution is -2.52. The van der Waals surface area contributed by atoms with Crippen molar-refractivity contribution in [2.24, 2.45) is 5.73 Å². The zero-order chi connectivity index (χ0) is 13.0. The summed E-state index contributed by atoms with van der Waals surface area (Å²) in [6.45, 7) is 3.79. The second-order valence-electron chi connectivity index (χ2n) is 4.85. The molecule has 4 nitrogen and oxygen atoms in total. The van der Waals surface area contributed by atoms with Gasteiger partial charge in [0.2, 0.25) is 0 Å². The van der Waals surface area contributed by atoms with E-state index in [1.165, 1.54) is 0 Å². The fourth-order valence-corrected chi connectivity index (χ4v) is 2.54. The second kappa shape index (κ2) is 5.85. The fourth-order valence-electron chi connectivity index (χ4n) is 2.54. The van der Waals surface area contributed by atoms with E-state index in [-0.39, 0.29) is 0 Å². The van der Waals surface area contributed by atoms with E-state index in [1.54, 1.807) is 0 Å². The van der Waals surface area contributed by atoms with Gasteiger partial charge in [0.05, 0.1) is 11.6 Å². The van der Waals surface area contributed by atoms with Gasteiger partial charge in [-0.15, -0.1) is 0 Å². The highest BCUT2D eigenvalue weighted by Crippen LogP contribution is 2.22. The van der Waals surface area contributed by atoms with Crippen molar-refractivity contribution in [3.05, 3.63) is 29.8 Å². The summed E-state index contributed by atoms with van der Waals surface area (Å²) in [6.07, 6.45) is 0.987. The first-order valence-electron chi connectivity index (χ1n) is 6.40. The molecular formula is C14H20N4. The average molecular weight is 244 g/mol. The van der Waals surface area contributed by atoms with Crippen LogP contribution in [-0.4, -0.2) is 44.2 Å². The van der Waals surface area contributed by atoms with Crippen LogP contribution in [-0.2, 0) is 0 Å². The van der Waals surface area contributed by atoms with Crippen LogP contribution in [0.25, 0.3) is 0 Å². The van der Waals surface area contributed by atoms with E-state index in [2.05, 4.69) is 29.0 Å². The fraction of sp³-hybridized carbons (Fsp3) is 0.500. The molecule has 0 radical (unpaired) electrons. The predicted octanol–water partition coefficient (Wildman–Crippen LogP) is 1.03. The van der Waals surface area contributed by atoms with Gasteiger partial charge in [-0.1, -0.05) is 6.07 Å². The van der Waals surface area contributed by atoms with Gasteiger partial charge in [-0.25, -0.2) is 0 Å². The molecule has 18 heavy (non-hydrogen) atoms. The van der Waals surface area contributed by atoms with E-state index < -0.39 is 0 Å². The Hall–Kier alpha value is -1.57. The van der Waals surface area contributed by atoms with E-state index in [4.69, 9.17) is 11.0 Å². The highest BCUT2D eigenvalue weighted by Gasteiger charge is 2.24. The Labute approximate surface area is 109 Å². The van der Waals surface area contributed by atoms with E-state index in [9.17, 15) is 0 Å². The summed E-state index contributed by atoms with van der Waals surface area (Å²) >= 11 is 0. The van der Waals surface area contributed by atoms with E-state index >= 15 is 0 Å². The molecule has 1 aromatic carbocycles. The molecule has 1 saturated heterocycles. The van der Waals surface area contributed by atoms with Gasteiger partial charge in [-0.05, 0) is 38.2 Å². The molecule has 0 saturated carbocycles. The minimum Gasteiger partial charge on any atom is -0.366 e. The molecule has 1 fully saturated rings. The summed E-state index contributed by atoms with van der Waals surface area (Å²) in [5, 5.41) is 8.97. The molecule has 96 valence electrons. The van der Waals surface area contributed by atoms with Gasteiger partial charge in [0.15, 0.2) is 0 Å². The van der Waals surface area contributed by atoms with Gasteiger partial charge in [0.1, 0.15) is 0 Å². The van der Waals surface area contributed by atoms with Crippen LogP contribution >= 0.6 is 0 Å². The van der Waals surface area contributed by atoms with Crippen molar-refractivity contribution in [1.29, 1.82) is 5.26 Å². The number of hydrogen-bond donors (Lipinski definition) is 1. The molecule has 0 spiro atoms. The number of nitriles is 1. The van der Waals surface area contributed by atoms with Crippen molar-refractivity contribution in [2.45, 2.75) is 12.5 Å². The third-order valence-corrected chi connectivity index (χ3v) is 3.49. The highest BCUT2D eigenvalue weighted by atomic mass is 15.3. The van der Waals surface area contributed by atoms with E-state index in [0.717, 1.165) is 37.3 Å². The molecule has 1 heterocycles. The largest absolute Gasteiger partial charge is 0.366 e. The van der Waals surface area contributed by atoms with Crippen LogP contribution < -0.4 is 10.6 Å². The normalized spacial score (nSPS) is 20.7. The first-order valence-corrected chi connectivity index (χ1v) is 6.40. The molecule has 1 aromatic rings. The Morgan fingerprint density at radius 2 is 2.28 bits per heavy atom. The van der Waals surface area contributed by atoms with E-state index in [0.29, 0.717) is 12.6 Å². The Bertz CT molecular complexity index is 438. The van der Waals surface area contributed by atoms with Gasteiger partial charge in [-0.2, -0.15) is 5.26 Å². The van der Waals surface area contributed by atoms with Crippen LogP contribution in [0.5, 0.6) is 0 Å². The van der Waals surface area contributed by atoms with Crippen molar-refractivity contribution >= 4 is 5.69 Å². The third-order valence-electron chi connectivity index (χ3n) is 3.49. The zero-order valence-corrected chi connectivity index (χ0v) is 10.8. The maximum Gasteiger partial charge on any atom is 0.0992 e. The number of nitrogens with two attached hydrogens (primary N) is 1. The van der Waals surface area contributed by atoms with Crippen LogP contribution in [0, 0.1) is 11.3 Å². The summed E-state index contributed by atoms with van der Waals surface area (Å²) < 4.78 is 0. The summed E-state index contributed by atoms with van der Waals surface area (Å²) in [7, 11) is 2.15. The number of hydrogen-bond acceptors (Lipinski definition) is 4. The molecule has 2 rings (SSSR count). The van der Waals surface area contributed by atoms with Gasteiger partial charge in [0, 0.05) is 31.4 Å². The highest BCUT2D eigenvalue weighted by molar-refractivity contribution is 5.52. The molecule has 1 aliphatic rings. The molecule has 0 bridgehead atoms. The molecule has 1 atom stereocenters. The summed E-state index contributed by atoms with van der Waals surface area (Å²) in [5.74, 6) is 0. The number of anilines is 1. The van der Waals surface area contributed by atoms with Gasteiger partial charge >= 0.3 is 0 Å². The molecule has 0 aromatic heterocycles. The van der Waals surface area contributed by atoms with Crippen molar-refractivity contribution in [3.63, 3.8) is 0 Å². The smallest absolute Gasteiger partial charge is 0.0992 e. The lowest BCUT2D eigenvalue weighted by Gasteiger charge is -2.41. The van der Waals surface area contributed by atoms with E-state index in [1.807, 2.05) is 18.2 Å². The molecule has 0 aliphatic carbocycles. The van der Waals surface area contributed by atoms with Crippen molar-refractivity contribution < 1.29 is 0 Å². The Balaban J connectivity index is 2.21. The molecule has 4 heteroatoms. The average Bonchev–Trinajstić information content (AvgIpc) is 2.39. The van der Waals surface area contributed by atoms with Gasteiger partial charge < -0.3 is 15.5 Å². The first kappa shape index (κ1) is 12.9. The number of rotatable bonds is 3. The minimum absolute atomic E-state index is 0.447. The van der Waals surface area contributed by atoms with Crippen molar-refractivity contribution in [2.75, 3.05) is 38.1 Å². The zero-order valence-electron chi connectivity index (χ0n) is 10.8. The maximum absolute atomic E-state index is 8.97. The summed E-state index contributed by atoms with van der Waals surface area (Å²) in [4.78, 5) is 4.72. The quantitative estimate of drug-likeness (QED) is 0.862. The number of piperazine rings is 1. The first-order chi connectivity index (χ1) is 8.74. The lowest BCUT2D eigenvalue weighted by atomic mass is 10.1. The van der Waals surface area contributed by atoms with Gasteiger partial charge in [0.25, 0.3) is 0 Å². The number of likely N-dealkylation sites (N-methyl/N-ethyl adjacent to an activating group) is 1. The van der Waals surface area contributed by atoms with Crippen LogP contribution in [0.15, 0.2) is 24.3 Å². The third kappa shape index (κ3) is 2.81. The Kier molecular flexibility index (Phi) is 4.19. The number of benzene rings is 1. The van der Waals surface area contributed by atoms with Crippen molar-refractivity contribution in [3.8, 4) is 6.07 Å². The monoisotopic (exact) mass is 244 g/mol. The van der Waals surface area contributed by atoms with Gasteiger partial charge in [-0.3, -0.25) is 0 Å². The van der Waals surface area contributed by atoms with Crippen LogP contribution in [0.4, 0.5) is 5.69 Å². The second-order valence-corrected chi connectivity index (χ2v) is 4.85. The summed E-state index contributed by atoms with van der Waals surface area (Å²) in [6, 6.07) is 10.5. The maximum atomic E-state index is 8.97. The van der Waals surface area contributed by atoms with Crippen LogP contribution in [0.3, 0.4) is 0 Å². The van der Waals surface area contributed by atoms with Crippen LogP contribution in [0.2, 0.25) is 0 Å². The van der Waals surface area contributed by atoms with Crippen LogP contribution in [0.1, 0.15) is 12.0 Å². The minimum atomic E-state index is 0.447. The lowest BCUT2D eigenvalue weighted by molar-refractivity contribution is 0.262. The summed E-state index contributed by atoms with van der Waals surface area (Å²) in [5.41, 5.74) is 7.56. The Morgan fingerprint density at radius 1 is 1.44 bits per heavy atom. The molecule has 1 unspecified atom stereocenters. The molecule has 0 amide bonds. The molecular weight excluding hydrogens is 224 g/mol. The molecule has 2 N–H and O–H groups in total. The standard InChI is InChI=1S/C14H20N4/c1-17-7-8-18(14(11-17)5-6-15)13-4-2-3-12(9-13)10-16/h2-4,9,14H,5-8,11,15H2,1H3. The predicted molar refractivity (Wildman–Crippen MR) is 73.5 cm³/mol. The SMILES string of the molecule is CN1CCN(c2cccc(C#N)c2)C(CCN)C1. The van der Waals surface area contributed by atoms with Crippen molar-refractivity contribution in [1.82, 2.24) is 4.90 Å². The topological polar surface area (TPSA) is 56.3 Å². The Morgan fingerprint density at radius 3 is 3.00 bits per heavy atom. The molecule has 1 aliphatic heterocycles. The number of nitrogens with zero attached hydrogens (tertiary/aromatic N) is 3.